The van der Waals surface area contributed by atoms with E-state index in [9.17, 15) is 0 Å². The lowest BCUT2D eigenvalue weighted by Gasteiger charge is -2.18. The van der Waals surface area contributed by atoms with E-state index in [-0.39, 0.29) is 6.04 Å². The Morgan fingerprint density at radius 3 is 2.72 bits per heavy atom. The zero-order valence-electron chi connectivity index (χ0n) is 10.3. The fourth-order valence-electron chi connectivity index (χ4n) is 1.91. The van der Waals surface area contributed by atoms with Gasteiger partial charge in [-0.15, -0.1) is 11.3 Å². The molecule has 0 fully saturated rings. The van der Waals surface area contributed by atoms with E-state index in [1.807, 2.05) is 23.5 Å². The third kappa shape index (κ3) is 3.15. The zero-order chi connectivity index (χ0) is 13.1. The second-order valence-electron chi connectivity index (χ2n) is 4.10. The van der Waals surface area contributed by atoms with E-state index in [1.165, 1.54) is 9.75 Å². The van der Waals surface area contributed by atoms with Crippen LogP contribution in [0, 0.1) is 6.92 Å². The van der Waals surface area contributed by atoms with E-state index in [0.717, 1.165) is 21.6 Å². The van der Waals surface area contributed by atoms with Gasteiger partial charge >= 0.3 is 0 Å². The summed E-state index contributed by atoms with van der Waals surface area (Å²) in [6.07, 6.45) is 0. The predicted octanol–water partition coefficient (Wildman–Crippen LogP) is 5.17. The number of nitrogens with one attached hydrogen (secondary N) is 1. The Morgan fingerprint density at radius 2 is 2.11 bits per heavy atom. The quantitative estimate of drug-likeness (QED) is 0.806. The first-order valence-corrected chi connectivity index (χ1v) is 7.85. The van der Waals surface area contributed by atoms with Crippen molar-refractivity contribution in [1.29, 1.82) is 0 Å². The summed E-state index contributed by atoms with van der Waals surface area (Å²) in [6, 6.07) is 10.5. The molecule has 0 aliphatic heterocycles. The summed E-state index contributed by atoms with van der Waals surface area (Å²) < 4.78 is 1.05. The minimum Gasteiger partial charge on any atom is -0.306 e. The van der Waals surface area contributed by atoms with Crippen LogP contribution in [0.3, 0.4) is 0 Å². The molecule has 1 nitrogen and oxygen atoms in total. The Morgan fingerprint density at radius 1 is 1.33 bits per heavy atom. The number of thiophene rings is 1. The Bertz CT molecular complexity index is 538. The van der Waals surface area contributed by atoms with Crippen LogP contribution in [-0.2, 0) is 0 Å². The number of benzene rings is 1. The highest BCUT2D eigenvalue weighted by atomic mass is 79.9. The number of rotatable bonds is 4. The SMILES string of the molecule is CCNC(c1ccc(C)s1)c1cc(Br)ccc1Cl. The Labute approximate surface area is 125 Å². The van der Waals surface area contributed by atoms with Crippen molar-refractivity contribution in [2.75, 3.05) is 6.54 Å². The highest BCUT2D eigenvalue weighted by Gasteiger charge is 2.17. The summed E-state index contributed by atoms with van der Waals surface area (Å²) in [5.74, 6) is 0. The van der Waals surface area contributed by atoms with Crippen molar-refractivity contribution in [3.05, 3.63) is 55.1 Å². The van der Waals surface area contributed by atoms with Crippen molar-refractivity contribution in [2.45, 2.75) is 19.9 Å². The van der Waals surface area contributed by atoms with Gasteiger partial charge in [-0.1, -0.05) is 34.5 Å². The third-order valence-electron chi connectivity index (χ3n) is 2.72. The second kappa shape index (κ2) is 6.20. The number of hydrogen-bond donors (Lipinski definition) is 1. The van der Waals surface area contributed by atoms with Crippen LogP contribution in [0.2, 0.25) is 5.02 Å². The first-order valence-electron chi connectivity index (χ1n) is 5.86. The Hall–Kier alpha value is -0.350. The summed E-state index contributed by atoms with van der Waals surface area (Å²) in [6.45, 7) is 5.14. The van der Waals surface area contributed by atoms with Gasteiger partial charge in [0.15, 0.2) is 0 Å². The Kier molecular flexibility index (Phi) is 4.84. The second-order valence-corrected chi connectivity index (χ2v) is 6.75. The van der Waals surface area contributed by atoms with E-state index >= 15 is 0 Å². The van der Waals surface area contributed by atoms with E-state index < -0.39 is 0 Å². The lowest BCUT2D eigenvalue weighted by Crippen LogP contribution is -2.21. The maximum absolute atomic E-state index is 6.33. The maximum Gasteiger partial charge on any atom is 0.0686 e. The van der Waals surface area contributed by atoms with Gasteiger partial charge in [0.25, 0.3) is 0 Å². The van der Waals surface area contributed by atoms with Crippen molar-refractivity contribution in [2.24, 2.45) is 0 Å². The average molecular weight is 345 g/mol. The van der Waals surface area contributed by atoms with Crippen LogP contribution in [0.25, 0.3) is 0 Å². The van der Waals surface area contributed by atoms with Crippen molar-refractivity contribution < 1.29 is 0 Å². The molecule has 2 aromatic rings. The van der Waals surface area contributed by atoms with Gasteiger partial charge < -0.3 is 5.32 Å². The van der Waals surface area contributed by atoms with Gasteiger partial charge in [0, 0.05) is 19.2 Å². The van der Waals surface area contributed by atoms with Crippen molar-refractivity contribution in [3.63, 3.8) is 0 Å². The highest BCUT2D eigenvalue weighted by Crippen LogP contribution is 2.33. The van der Waals surface area contributed by atoms with Gasteiger partial charge in [-0.2, -0.15) is 0 Å². The monoisotopic (exact) mass is 343 g/mol. The molecule has 1 aromatic heterocycles. The minimum atomic E-state index is 0.165. The van der Waals surface area contributed by atoms with Gasteiger partial charge in [0.2, 0.25) is 0 Å². The average Bonchev–Trinajstić information content (AvgIpc) is 2.76. The first-order chi connectivity index (χ1) is 8.61. The number of aryl methyl sites for hydroxylation is 1. The molecule has 1 N–H and O–H groups in total. The van der Waals surface area contributed by atoms with Crippen LogP contribution in [0.1, 0.15) is 28.3 Å². The van der Waals surface area contributed by atoms with Gasteiger partial charge in [0.05, 0.1) is 6.04 Å². The molecule has 0 amide bonds. The first kappa shape index (κ1) is 14.1. The molecular weight excluding hydrogens is 330 g/mol. The van der Waals surface area contributed by atoms with Crippen LogP contribution in [0.5, 0.6) is 0 Å². The molecule has 1 unspecified atom stereocenters. The van der Waals surface area contributed by atoms with E-state index in [1.54, 1.807) is 0 Å². The molecule has 0 saturated carbocycles. The van der Waals surface area contributed by atoms with Gasteiger partial charge in [-0.25, -0.2) is 0 Å². The van der Waals surface area contributed by atoms with Crippen molar-refractivity contribution in [1.82, 2.24) is 5.32 Å². The number of hydrogen-bond acceptors (Lipinski definition) is 2. The summed E-state index contributed by atoms with van der Waals surface area (Å²) >= 11 is 11.6. The third-order valence-corrected chi connectivity index (χ3v) is 4.63. The van der Waals surface area contributed by atoms with Crippen molar-refractivity contribution >= 4 is 38.9 Å². The molecule has 0 aliphatic carbocycles. The molecule has 0 radical (unpaired) electrons. The van der Waals surface area contributed by atoms with Gasteiger partial charge in [-0.3, -0.25) is 0 Å². The van der Waals surface area contributed by atoms with Crippen LogP contribution in [0.15, 0.2) is 34.8 Å². The number of halogens is 2. The molecule has 0 saturated heterocycles. The van der Waals surface area contributed by atoms with Gasteiger partial charge in [-0.05, 0) is 49.4 Å². The summed E-state index contributed by atoms with van der Waals surface area (Å²) in [5, 5.41) is 4.30. The molecule has 0 aliphatic rings. The molecule has 0 bridgehead atoms. The fourth-order valence-corrected chi connectivity index (χ4v) is 3.49. The molecule has 96 valence electrons. The topological polar surface area (TPSA) is 12.0 Å². The van der Waals surface area contributed by atoms with E-state index in [0.29, 0.717) is 0 Å². The standard InChI is InChI=1S/C14H15BrClNS/c1-3-17-14(13-7-4-9(2)18-13)11-8-10(15)5-6-12(11)16/h4-8,14,17H,3H2,1-2H3. The summed E-state index contributed by atoms with van der Waals surface area (Å²) in [5.41, 5.74) is 1.12. The molecular formula is C14H15BrClNS. The summed E-state index contributed by atoms with van der Waals surface area (Å²) in [7, 11) is 0. The molecule has 18 heavy (non-hydrogen) atoms. The normalized spacial score (nSPS) is 12.7. The molecule has 1 aromatic carbocycles. The van der Waals surface area contributed by atoms with Crippen molar-refractivity contribution in [3.8, 4) is 0 Å². The lowest BCUT2D eigenvalue weighted by atomic mass is 10.1. The highest BCUT2D eigenvalue weighted by molar-refractivity contribution is 9.10. The minimum absolute atomic E-state index is 0.165. The van der Waals surface area contributed by atoms with Crippen LogP contribution >= 0.6 is 38.9 Å². The fraction of sp³-hybridized carbons (Fsp3) is 0.286. The lowest BCUT2D eigenvalue weighted by molar-refractivity contribution is 0.639. The molecule has 4 heteroatoms. The zero-order valence-corrected chi connectivity index (χ0v) is 13.5. The Balaban J connectivity index is 2.44. The smallest absolute Gasteiger partial charge is 0.0686 e. The van der Waals surface area contributed by atoms with Crippen LogP contribution in [-0.4, -0.2) is 6.54 Å². The predicted molar refractivity (Wildman–Crippen MR) is 83.7 cm³/mol. The van der Waals surface area contributed by atoms with E-state index in [2.05, 4.69) is 53.3 Å². The van der Waals surface area contributed by atoms with Gasteiger partial charge in [0.1, 0.15) is 0 Å². The molecule has 2 rings (SSSR count). The van der Waals surface area contributed by atoms with Crippen LogP contribution < -0.4 is 5.32 Å². The molecule has 0 spiro atoms. The largest absolute Gasteiger partial charge is 0.306 e. The van der Waals surface area contributed by atoms with Crippen LogP contribution in [0.4, 0.5) is 0 Å². The molecule has 1 heterocycles. The maximum atomic E-state index is 6.33. The van der Waals surface area contributed by atoms with E-state index in [4.69, 9.17) is 11.6 Å². The summed E-state index contributed by atoms with van der Waals surface area (Å²) in [4.78, 5) is 2.62. The molecule has 1 atom stereocenters.